The van der Waals surface area contributed by atoms with Crippen LogP contribution in [-0.4, -0.2) is 63.6 Å². The molecule has 0 aromatic heterocycles. The van der Waals surface area contributed by atoms with E-state index in [0.717, 1.165) is 12.8 Å². The number of ether oxygens (including phenoxy) is 2. The number of benzene rings is 1. The molecule has 1 heterocycles. The second-order valence-electron chi connectivity index (χ2n) is 6.32. The highest BCUT2D eigenvalue weighted by Gasteiger charge is 2.29. The quantitative estimate of drug-likeness (QED) is 0.575. The van der Waals surface area contributed by atoms with E-state index in [1.54, 1.807) is 0 Å². The largest absolute Gasteiger partial charge is 0.452 e. The van der Waals surface area contributed by atoms with Crippen molar-refractivity contribution in [1.82, 2.24) is 9.62 Å². The highest BCUT2D eigenvalue weighted by atomic mass is 79.9. The lowest BCUT2D eigenvalue weighted by Crippen LogP contribution is -2.40. The van der Waals surface area contributed by atoms with Crippen molar-refractivity contribution in [2.45, 2.75) is 37.6 Å². The number of halogens is 1. The van der Waals surface area contributed by atoms with E-state index in [2.05, 4.69) is 21.2 Å². The first-order valence-electron chi connectivity index (χ1n) is 9.13. The summed E-state index contributed by atoms with van der Waals surface area (Å²) in [4.78, 5) is 24.2. The molecule has 8 nitrogen and oxygen atoms in total. The van der Waals surface area contributed by atoms with Gasteiger partial charge < -0.3 is 14.8 Å². The van der Waals surface area contributed by atoms with Gasteiger partial charge in [-0.1, -0.05) is 13.8 Å². The van der Waals surface area contributed by atoms with Gasteiger partial charge in [0.1, 0.15) is 0 Å². The molecule has 0 saturated carbocycles. The van der Waals surface area contributed by atoms with Gasteiger partial charge in [-0.3, -0.25) is 4.79 Å². The standard InChI is InChI=1S/C18H25BrN2O6S/c1-3-14(4-2)20-17(22)12-27-18(23)13-5-6-15(19)16(11-13)28(24,25)21-7-9-26-10-8-21/h5-6,11,14H,3-4,7-10,12H2,1-2H3,(H,20,22). The topological polar surface area (TPSA) is 102 Å². The average Bonchev–Trinajstić information content (AvgIpc) is 2.71. The second kappa shape index (κ2) is 10.3. The highest BCUT2D eigenvalue weighted by molar-refractivity contribution is 9.10. The molecule has 1 fully saturated rings. The van der Waals surface area contributed by atoms with Crippen LogP contribution < -0.4 is 5.32 Å². The summed E-state index contributed by atoms with van der Waals surface area (Å²) in [5.74, 6) is -1.15. The third-order valence-corrected chi connectivity index (χ3v) is 7.33. The van der Waals surface area contributed by atoms with Crippen molar-refractivity contribution in [1.29, 1.82) is 0 Å². The zero-order chi connectivity index (χ0) is 20.7. The molecular formula is C18H25BrN2O6S. The Morgan fingerprint density at radius 3 is 2.50 bits per heavy atom. The lowest BCUT2D eigenvalue weighted by Gasteiger charge is -2.26. The summed E-state index contributed by atoms with van der Waals surface area (Å²) < 4.78 is 37.6. The van der Waals surface area contributed by atoms with Crippen LogP contribution in [0.3, 0.4) is 0 Å². The predicted octanol–water partition coefficient (Wildman–Crippen LogP) is 1.93. The summed E-state index contributed by atoms with van der Waals surface area (Å²) in [5, 5.41) is 2.77. The number of esters is 1. The van der Waals surface area contributed by atoms with Crippen LogP contribution >= 0.6 is 15.9 Å². The van der Waals surface area contributed by atoms with Crippen LogP contribution in [0.4, 0.5) is 0 Å². The number of hydrogen-bond acceptors (Lipinski definition) is 6. The number of hydrogen-bond donors (Lipinski definition) is 1. The molecule has 1 saturated heterocycles. The Bertz CT molecular complexity index is 804. The Morgan fingerprint density at radius 2 is 1.89 bits per heavy atom. The van der Waals surface area contributed by atoms with Gasteiger partial charge in [0.05, 0.1) is 23.7 Å². The zero-order valence-electron chi connectivity index (χ0n) is 15.9. The van der Waals surface area contributed by atoms with E-state index in [9.17, 15) is 18.0 Å². The van der Waals surface area contributed by atoms with E-state index < -0.39 is 22.6 Å². The van der Waals surface area contributed by atoms with Crippen molar-refractivity contribution in [3.8, 4) is 0 Å². The van der Waals surface area contributed by atoms with Gasteiger partial charge >= 0.3 is 5.97 Å². The number of carbonyl (C=O) groups excluding carboxylic acids is 2. The first kappa shape index (κ1) is 22.8. The van der Waals surface area contributed by atoms with E-state index in [-0.39, 0.29) is 35.5 Å². The molecule has 0 atom stereocenters. The third kappa shape index (κ3) is 5.76. The maximum atomic E-state index is 12.9. The Balaban J connectivity index is 2.09. The predicted molar refractivity (Wildman–Crippen MR) is 107 cm³/mol. The Kier molecular flexibility index (Phi) is 8.41. The molecule has 0 radical (unpaired) electrons. The van der Waals surface area contributed by atoms with Gasteiger partial charge in [0.2, 0.25) is 10.0 Å². The summed E-state index contributed by atoms with van der Waals surface area (Å²) >= 11 is 3.23. The van der Waals surface area contributed by atoms with Crippen LogP contribution in [0.1, 0.15) is 37.0 Å². The molecule has 10 heteroatoms. The molecule has 28 heavy (non-hydrogen) atoms. The van der Waals surface area contributed by atoms with E-state index in [1.165, 1.54) is 22.5 Å². The van der Waals surface area contributed by atoms with Gasteiger partial charge in [-0.25, -0.2) is 13.2 Å². The van der Waals surface area contributed by atoms with Crippen LogP contribution in [0.2, 0.25) is 0 Å². The molecule has 0 bridgehead atoms. The van der Waals surface area contributed by atoms with Gasteiger partial charge in [0.25, 0.3) is 5.91 Å². The number of nitrogens with one attached hydrogen (secondary N) is 1. The number of nitrogens with zero attached hydrogens (tertiary/aromatic N) is 1. The van der Waals surface area contributed by atoms with Gasteiger partial charge in [-0.2, -0.15) is 4.31 Å². The molecule has 2 rings (SSSR count). The van der Waals surface area contributed by atoms with Gasteiger partial charge in [-0.15, -0.1) is 0 Å². The molecule has 0 aliphatic carbocycles. The minimum Gasteiger partial charge on any atom is -0.452 e. The van der Waals surface area contributed by atoms with Crippen LogP contribution in [0.25, 0.3) is 0 Å². The second-order valence-corrected chi connectivity index (χ2v) is 9.08. The third-order valence-electron chi connectivity index (χ3n) is 4.44. The molecule has 1 aliphatic rings. The Labute approximate surface area is 173 Å². The average molecular weight is 477 g/mol. The van der Waals surface area contributed by atoms with E-state index in [4.69, 9.17) is 9.47 Å². The Hall–Kier alpha value is -1.49. The van der Waals surface area contributed by atoms with Crippen molar-refractivity contribution in [2.75, 3.05) is 32.9 Å². The van der Waals surface area contributed by atoms with Crippen molar-refractivity contribution in [2.24, 2.45) is 0 Å². The fourth-order valence-electron chi connectivity index (χ4n) is 2.73. The number of carbonyl (C=O) groups is 2. The molecule has 156 valence electrons. The van der Waals surface area contributed by atoms with E-state index in [1.807, 2.05) is 13.8 Å². The molecule has 0 spiro atoms. The van der Waals surface area contributed by atoms with Gasteiger partial charge in [0.15, 0.2) is 6.61 Å². The summed E-state index contributed by atoms with van der Waals surface area (Å²) in [6.07, 6.45) is 1.57. The van der Waals surface area contributed by atoms with Crippen LogP contribution in [-0.2, 0) is 24.3 Å². The number of rotatable bonds is 8. The zero-order valence-corrected chi connectivity index (χ0v) is 18.3. The van der Waals surface area contributed by atoms with Crippen molar-refractivity contribution in [3.63, 3.8) is 0 Å². The van der Waals surface area contributed by atoms with Crippen LogP contribution in [0.5, 0.6) is 0 Å². The van der Waals surface area contributed by atoms with Crippen LogP contribution in [0.15, 0.2) is 27.6 Å². The fraction of sp³-hybridized carbons (Fsp3) is 0.556. The minimum absolute atomic E-state index is 0.0228. The van der Waals surface area contributed by atoms with E-state index >= 15 is 0 Å². The monoisotopic (exact) mass is 476 g/mol. The normalized spacial score (nSPS) is 15.4. The molecule has 0 unspecified atom stereocenters. The number of sulfonamides is 1. The summed E-state index contributed by atoms with van der Waals surface area (Å²) in [5.41, 5.74) is 0.0605. The lowest BCUT2D eigenvalue weighted by molar-refractivity contribution is -0.125. The summed E-state index contributed by atoms with van der Waals surface area (Å²) in [6, 6.07) is 4.22. The smallest absolute Gasteiger partial charge is 0.338 e. The highest BCUT2D eigenvalue weighted by Crippen LogP contribution is 2.27. The minimum atomic E-state index is -3.78. The van der Waals surface area contributed by atoms with Crippen molar-refractivity contribution >= 4 is 37.8 Å². The molecule has 1 aromatic rings. The number of amides is 1. The fourth-order valence-corrected chi connectivity index (χ4v) is 5.09. The first-order chi connectivity index (χ1) is 13.3. The SMILES string of the molecule is CCC(CC)NC(=O)COC(=O)c1ccc(Br)c(S(=O)(=O)N2CCOCC2)c1. The lowest BCUT2D eigenvalue weighted by atomic mass is 10.2. The van der Waals surface area contributed by atoms with Crippen LogP contribution in [0, 0.1) is 0 Å². The van der Waals surface area contributed by atoms with Crippen molar-refractivity contribution < 1.29 is 27.5 Å². The molecule has 1 aromatic carbocycles. The maximum absolute atomic E-state index is 12.9. The summed E-state index contributed by atoms with van der Waals surface area (Å²) in [7, 11) is -3.78. The molecule has 1 aliphatic heterocycles. The van der Waals surface area contributed by atoms with E-state index in [0.29, 0.717) is 17.7 Å². The maximum Gasteiger partial charge on any atom is 0.338 e. The van der Waals surface area contributed by atoms with Gasteiger partial charge in [0, 0.05) is 23.6 Å². The molecular weight excluding hydrogens is 452 g/mol. The molecule has 1 amide bonds. The molecule has 1 N–H and O–H groups in total. The van der Waals surface area contributed by atoms with Gasteiger partial charge in [-0.05, 0) is 47.0 Å². The Morgan fingerprint density at radius 1 is 1.25 bits per heavy atom. The van der Waals surface area contributed by atoms with Crippen molar-refractivity contribution in [3.05, 3.63) is 28.2 Å². The first-order valence-corrected chi connectivity index (χ1v) is 11.4. The summed E-state index contributed by atoms with van der Waals surface area (Å²) in [6.45, 7) is 4.64. The number of morpholine rings is 1.